The van der Waals surface area contributed by atoms with Gasteiger partial charge in [0.15, 0.2) is 0 Å². The summed E-state index contributed by atoms with van der Waals surface area (Å²) in [6.45, 7) is 2.19. The van der Waals surface area contributed by atoms with E-state index in [1.165, 1.54) is 0 Å². The van der Waals surface area contributed by atoms with E-state index in [1.54, 1.807) is 13.0 Å². The lowest BCUT2D eigenvalue weighted by Crippen LogP contribution is -2.05. The van der Waals surface area contributed by atoms with Crippen LogP contribution in [0.3, 0.4) is 0 Å². The van der Waals surface area contributed by atoms with Crippen LogP contribution in [0.15, 0.2) is 24.3 Å². The number of benzene rings is 1. The van der Waals surface area contributed by atoms with Gasteiger partial charge in [-0.15, -0.1) is 11.6 Å². The average Bonchev–Trinajstić information content (AvgIpc) is 2.19. The van der Waals surface area contributed by atoms with Gasteiger partial charge in [0, 0.05) is 5.88 Å². The normalized spacial score (nSPS) is 9.86. The maximum absolute atomic E-state index is 11.3. The highest BCUT2D eigenvalue weighted by Gasteiger charge is 2.05. The fraction of sp³-hybridized carbons (Fsp3) is 0.364. The minimum Gasteiger partial charge on any atom is -0.462 e. The minimum atomic E-state index is -0.274. The number of hydrogen-bond donors (Lipinski definition) is 0. The number of alkyl halides is 1. The van der Waals surface area contributed by atoms with E-state index >= 15 is 0 Å². The van der Waals surface area contributed by atoms with Crippen molar-refractivity contribution in [2.24, 2.45) is 0 Å². The van der Waals surface area contributed by atoms with E-state index in [4.69, 9.17) is 16.3 Å². The maximum Gasteiger partial charge on any atom is 0.338 e. The van der Waals surface area contributed by atoms with Crippen LogP contribution in [-0.2, 0) is 11.2 Å². The van der Waals surface area contributed by atoms with Crippen LogP contribution in [0.2, 0.25) is 0 Å². The first-order chi connectivity index (χ1) is 6.77. The third-order valence-electron chi connectivity index (χ3n) is 1.82. The van der Waals surface area contributed by atoms with Crippen LogP contribution in [0.25, 0.3) is 0 Å². The first-order valence-electron chi connectivity index (χ1n) is 4.60. The van der Waals surface area contributed by atoms with Crippen LogP contribution in [0.5, 0.6) is 0 Å². The molecule has 0 heterocycles. The Bertz CT molecular complexity index is 310. The second-order valence-electron chi connectivity index (χ2n) is 2.86. The van der Waals surface area contributed by atoms with Crippen molar-refractivity contribution in [3.8, 4) is 0 Å². The van der Waals surface area contributed by atoms with E-state index in [0.717, 1.165) is 12.0 Å². The summed E-state index contributed by atoms with van der Waals surface area (Å²) in [5.41, 5.74) is 1.65. The van der Waals surface area contributed by atoms with Crippen molar-refractivity contribution in [2.75, 3.05) is 12.5 Å². The van der Waals surface area contributed by atoms with Gasteiger partial charge in [-0.05, 0) is 31.0 Å². The highest BCUT2D eigenvalue weighted by atomic mass is 35.5. The SMILES string of the molecule is CCOC(=O)c1cccc(CCCl)c1. The molecule has 0 radical (unpaired) electrons. The number of esters is 1. The molecule has 2 nitrogen and oxygen atoms in total. The number of carbonyl (C=O) groups is 1. The van der Waals surface area contributed by atoms with Crippen molar-refractivity contribution < 1.29 is 9.53 Å². The molecule has 0 unspecified atom stereocenters. The lowest BCUT2D eigenvalue weighted by Gasteiger charge is -2.03. The molecule has 1 aromatic rings. The van der Waals surface area contributed by atoms with Gasteiger partial charge in [-0.1, -0.05) is 12.1 Å². The van der Waals surface area contributed by atoms with Crippen LogP contribution in [-0.4, -0.2) is 18.5 Å². The van der Waals surface area contributed by atoms with Crippen molar-refractivity contribution in [1.29, 1.82) is 0 Å². The van der Waals surface area contributed by atoms with Gasteiger partial charge in [0.1, 0.15) is 0 Å². The summed E-state index contributed by atoms with van der Waals surface area (Å²) in [7, 11) is 0. The van der Waals surface area contributed by atoms with Crippen LogP contribution >= 0.6 is 11.6 Å². The van der Waals surface area contributed by atoms with Gasteiger partial charge in [-0.2, -0.15) is 0 Å². The molecule has 0 aromatic heterocycles. The van der Waals surface area contributed by atoms with Gasteiger partial charge in [0.05, 0.1) is 12.2 Å². The van der Waals surface area contributed by atoms with E-state index in [9.17, 15) is 4.79 Å². The summed E-state index contributed by atoms with van der Waals surface area (Å²) in [5.74, 6) is 0.288. The number of ether oxygens (including phenoxy) is 1. The van der Waals surface area contributed by atoms with Gasteiger partial charge in [-0.3, -0.25) is 0 Å². The molecule has 1 rings (SSSR count). The van der Waals surface area contributed by atoms with Gasteiger partial charge < -0.3 is 4.74 Å². The number of rotatable bonds is 4. The zero-order chi connectivity index (χ0) is 10.4. The molecule has 0 aliphatic rings. The zero-order valence-electron chi connectivity index (χ0n) is 8.13. The van der Waals surface area contributed by atoms with Crippen LogP contribution in [0.4, 0.5) is 0 Å². The smallest absolute Gasteiger partial charge is 0.338 e. The summed E-state index contributed by atoms with van der Waals surface area (Å²) >= 11 is 5.61. The maximum atomic E-state index is 11.3. The van der Waals surface area contributed by atoms with E-state index < -0.39 is 0 Å². The summed E-state index contributed by atoms with van der Waals surface area (Å²) in [4.78, 5) is 11.3. The molecule has 76 valence electrons. The summed E-state index contributed by atoms with van der Waals surface area (Å²) in [5, 5.41) is 0. The molecule has 0 saturated carbocycles. The van der Waals surface area contributed by atoms with E-state index in [-0.39, 0.29) is 5.97 Å². The molecule has 0 saturated heterocycles. The Labute approximate surface area is 88.8 Å². The van der Waals surface area contributed by atoms with Gasteiger partial charge in [0.25, 0.3) is 0 Å². The number of aryl methyl sites for hydroxylation is 1. The van der Waals surface area contributed by atoms with Crippen molar-refractivity contribution in [3.63, 3.8) is 0 Å². The van der Waals surface area contributed by atoms with Crippen LogP contribution in [0.1, 0.15) is 22.8 Å². The van der Waals surface area contributed by atoms with Crippen molar-refractivity contribution in [2.45, 2.75) is 13.3 Å². The fourth-order valence-corrected chi connectivity index (χ4v) is 1.40. The lowest BCUT2D eigenvalue weighted by atomic mass is 10.1. The molecule has 3 heteroatoms. The molecule has 0 fully saturated rings. The Morgan fingerprint density at radius 3 is 2.93 bits per heavy atom. The Kier molecular flexibility index (Phi) is 4.47. The van der Waals surface area contributed by atoms with Crippen LogP contribution in [0, 0.1) is 0 Å². The molecule has 0 amide bonds. The van der Waals surface area contributed by atoms with E-state index in [1.807, 2.05) is 18.2 Å². The lowest BCUT2D eigenvalue weighted by molar-refractivity contribution is 0.0526. The van der Waals surface area contributed by atoms with Gasteiger partial charge >= 0.3 is 5.97 Å². The highest BCUT2D eigenvalue weighted by molar-refractivity contribution is 6.18. The van der Waals surface area contributed by atoms with Crippen molar-refractivity contribution in [3.05, 3.63) is 35.4 Å². The van der Waals surface area contributed by atoms with E-state index in [0.29, 0.717) is 18.1 Å². The van der Waals surface area contributed by atoms with Crippen molar-refractivity contribution >= 4 is 17.6 Å². The highest BCUT2D eigenvalue weighted by Crippen LogP contribution is 2.08. The van der Waals surface area contributed by atoms with Gasteiger partial charge in [-0.25, -0.2) is 4.79 Å². The Morgan fingerprint density at radius 2 is 2.29 bits per heavy atom. The third kappa shape index (κ3) is 3.04. The monoisotopic (exact) mass is 212 g/mol. The molecule has 1 aromatic carbocycles. The summed E-state index contributed by atoms with van der Waals surface area (Å²) in [6, 6.07) is 7.36. The topological polar surface area (TPSA) is 26.3 Å². The number of carbonyl (C=O) groups excluding carboxylic acids is 1. The molecule has 0 atom stereocenters. The minimum absolute atomic E-state index is 0.274. The first-order valence-corrected chi connectivity index (χ1v) is 5.13. The summed E-state index contributed by atoms with van der Waals surface area (Å²) < 4.78 is 4.89. The van der Waals surface area contributed by atoms with Crippen LogP contribution < -0.4 is 0 Å². The van der Waals surface area contributed by atoms with E-state index in [2.05, 4.69) is 0 Å². The largest absolute Gasteiger partial charge is 0.462 e. The molecule has 0 bridgehead atoms. The average molecular weight is 213 g/mol. The van der Waals surface area contributed by atoms with Crippen molar-refractivity contribution in [1.82, 2.24) is 0 Å². The van der Waals surface area contributed by atoms with Gasteiger partial charge in [0.2, 0.25) is 0 Å². The Balaban J connectivity index is 2.77. The quantitative estimate of drug-likeness (QED) is 0.567. The number of hydrogen-bond acceptors (Lipinski definition) is 2. The third-order valence-corrected chi connectivity index (χ3v) is 2.01. The molecule has 14 heavy (non-hydrogen) atoms. The zero-order valence-corrected chi connectivity index (χ0v) is 8.88. The predicted molar refractivity (Wildman–Crippen MR) is 56.8 cm³/mol. The standard InChI is InChI=1S/C11H13ClO2/c1-2-14-11(13)10-5-3-4-9(8-10)6-7-12/h3-5,8H,2,6-7H2,1H3. The second-order valence-corrected chi connectivity index (χ2v) is 3.24. The Hall–Kier alpha value is -1.02. The first kappa shape index (κ1) is 11.1. The molecule has 0 N–H and O–H groups in total. The Morgan fingerprint density at radius 1 is 1.50 bits per heavy atom. The molecule has 0 aliphatic carbocycles. The molecular formula is C11H13ClO2. The number of halogens is 1. The fourth-order valence-electron chi connectivity index (χ4n) is 1.18. The molecule has 0 aliphatic heterocycles. The summed E-state index contributed by atoms with van der Waals surface area (Å²) in [6.07, 6.45) is 0.773. The second kappa shape index (κ2) is 5.66. The molecular weight excluding hydrogens is 200 g/mol. The predicted octanol–water partition coefficient (Wildman–Crippen LogP) is 2.64. The molecule has 0 spiro atoms.